The Kier molecular flexibility index (Phi) is 4.57. The van der Waals surface area contributed by atoms with E-state index in [0.29, 0.717) is 6.54 Å². The van der Waals surface area contributed by atoms with Gasteiger partial charge >= 0.3 is 0 Å². The van der Waals surface area contributed by atoms with Crippen LogP contribution in [0.4, 0.5) is 0 Å². The number of hydrogen-bond donors (Lipinski definition) is 1. The molecular weight excluding hydrogens is 268 g/mol. The molecule has 0 fully saturated rings. The molecule has 2 aromatic rings. The van der Waals surface area contributed by atoms with E-state index in [9.17, 15) is 9.59 Å². The van der Waals surface area contributed by atoms with Crippen LogP contribution >= 0.6 is 0 Å². The van der Waals surface area contributed by atoms with Crippen LogP contribution in [-0.2, 0) is 18.4 Å². The van der Waals surface area contributed by atoms with Crippen LogP contribution in [0.3, 0.4) is 0 Å². The van der Waals surface area contributed by atoms with Crippen LogP contribution < -0.4 is 10.9 Å². The summed E-state index contributed by atoms with van der Waals surface area (Å²) in [6.07, 6.45) is 3.88. The second-order valence-electron chi connectivity index (χ2n) is 5.14. The highest BCUT2D eigenvalue weighted by Crippen LogP contribution is 2.10. The van der Waals surface area contributed by atoms with E-state index in [2.05, 4.69) is 10.4 Å². The minimum Gasteiger partial charge on any atom is -0.349 e. The Morgan fingerprint density at radius 3 is 2.81 bits per heavy atom. The molecule has 0 spiro atoms. The van der Waals surface area contributed by atoms with Gasteiger partial charge in [0.1, 0.15) is 0 Å². The zero-order valence-corrected chi connectivity index (χ0v) is 12.5. The molecule has 0 aliphatic rings. The van der Waals surface area contributed by atoms with Crippen molar-refractivity contribution in [1.82, 2.24) is 19.7 Å². The van der Waals surface area contributed by atoms with E-state index in [-0.39, 0.29) is 23.9 Å². The zero-order valence-electron chi connectivity index (χ0n) is 12.5. The molecule has 0 aliphatic carbocycles. The molecule has 0 bridgehead atoms. The fraction of sp³-hybridized carbons (Fsp3) is 0.400. The van der Waals surface area contributed by atoms with Crippen LogP contribution in [-0.4, -0.2) is 20.3 Å². The van der Waals surface area contributed by atoms with Crippen molar-refractivity contribution in [2.45, 2.75) is 32.9 Å². The third-order valence-electron chi connectivity index (χ3n) is 3.43. The topological polar surface area (TPSA) is 68.9 Å². The summed E-state index contributed by atoms with van der Waals surface area (Å²) in [6, 6.07) is 4.99. The van der Waals surface area contributed by atoms with E-state index >= 15 is 0 Å². The molecule has 0 aliphatic heterocycles. The van der Waals surface area contributed by atoms with Crippen LogP contribution in [0.1, 0.15) is 30.6 Å². The van der Waals surface area contributed by atoms with Crippen molar-refractivity contribution in [2.24, 2.45) is 7.05 Å². The summed E-state index contributed by atoms with van der Waals surface area (Å²) in [7, 11) is 1.84. The van der Waals surface area contributed by atoms with Gasteiger partial charge in [-0.15, -0.1) is 0 Å². The number of pyridine rings is 1. The van der Waals surface area contributed by atoms with E-state index in [1.54, 1.807) is 21.5 Å². The van der Waals surface area contributed by atoms with Gasteiger partial charge in [-0.1, -0.05) is 6.07 Å². The molecular formula is C15H20N4O2. The molecule has 1 unspecified atom stereocenters. The van der Waals surface area contributed by atoms with Gasteiger partial charge in [0, 0.05) is 43.5 Å². The van der Waals surface area contributed by atoms with E-state index in [4.69, 9.17) is 0 Å². The molecule has 1 N–H and O–H groups in total. The van der Waals surface area contributed by atoms with Crippen LogP contribution in [0, 0.1) is 6.92 Å². The number of nitrogens with one attached hydrogen (secondary N) is 1. The Morgan fingerprint density at radius 2 is 2.19 bits per heavy atom. The summed E-state index contributed by atoms with van der Waals surface area (Å²) in [5.74, 6) is -0.0819. The van der Waals surface area contributed by atoms with Gasteiger partial charge in [-0.25, -0.2) is 0 Å². The predicted molar refractivity (Wildman–Crippen MR) is 79.8 cm³/mol. The van der Waals surface area contributed by atoms with Crippen molar-refractivity contribution in [1.29, 1.82) is 0 Å². The molecule has 6 nitrogen and oxygen atoms in total. The molecule has 6 heteroatoms. The molecule has 1 atom stereocenters. The number of hydrogen-bond acceptors (Lipinski definition) is 3. The normalized spacial score (nSPS) is 12.1. The van der Waals surface area contributed by atoms with E-state index in [1.165, 1.54) is 6.07 Å². The summed E-state index contributed by atoms with van der Waals surface area (Å²) in [6.45, 7) is 4.16. The molecule has 0 aromatic carbocycles. The summed E-state index contributed by atoms with van der Waals surface area (Å²) in [5.41, 5.74) is 1.73. The molecule has 2 aromatic heterocycles. The maximum atomic E-state index is 12.0. The van der Waals surface area contributed by atoms with Crippen LogP contribution in [0.2, 0.25) is 0 Å². The molecule has 112 valence electrons. The highest BCUT2D eigenvalue weighted by atomic mass is 16.2. The lowest BCUT2D eigenvalue weighted by Gasteiger charge is -2.13. The first kappa shape index (κ1) is 15.0. The Bertz CT molecular complexity index is 687. The van der Waals surface area contributed by atoms with Gasteiger partial charge < -0.3 is 9.88 Å². The van der Waals surface area contributed by atoms with Gasteiger partial charge in [0.2, 0.25) is 5.91 Å². The molecule has 1 amide bonds. The zero-order chi connectivity index (χ0) is 15.4. The second-order valence-corrected chi connectivity index (χ2v) is 5.14. The van der Waals surface area contributed by atoms with Crippen LogP contribution in [0.5, 0.6) is 0 Å². The standard InChI is InChI=1S/C15H20N4O2/c1-11-5-4-6-15(21)19(11)8-7-14(20)17-12(2)13-9-16-18(3)10-13/h4-6,9-10,12H,7-8H2,1-3H3,(H,17,20). The highest BCUT2D eigenvalue weighted by molar-refractivity contribution is 5.76. The van der Waals surface area contributed by atoms with E-state index in [0.717, 1.165) is 11.3 Å². The first-order chi connectivity index (χ1) is 9.97. The largest absolute Gasteiger partial charge is 0.349 e. The van der Waals surface area contributed by atoms with Crippen molar-refractivity contribution >= 4 is 5.91 Å². The van der Waals surface area contributed by atoms with Crippen LogP contribution in [0.25, 0.3) is 0 Å². The Balaban J connectivity index is 1.92. The molecule has 0 radical (unpaired) electrons. The number of aromatic nitrogens is 3. The van der Waals surface area contributed by atoms with Crippen LogP contribution in [0.15, 0.2) is 35.4 Å². The summed E-state index contributed by atoms with van der Waals surface area (Å²) >= 11 is 0. The lowest BCUT2D eigenvalue weighted by molar-refractivity contribution is -0.121. The van der Waals surface area contributed by atoms with Gasteiger partial charge in [-0.05, 0) is 19.9 Å². The van der Waals surface area contributed by atoms with Crippen molar-refractivity contribution in [3.63, 3.8) is 0 Å². The summed E-state index contributed by atoms with van der Waals surface area (Å²) in [5, 5.41) is 6.99. The van der Waals surface area contributed by atoms with E-state index in [1.807, 2.05) is 33.2 Å². The first-order valence-electron chi connectivity index (χ1n) is 6.91. The van der Waals surface area contributed by atoms with Crippen molar-refractivity contribution < 1.29 is 4.79 Å². The fourth-order valence-corrected chi connectivity index (χ4v) is 2.18. The Morgan fingerprint density at radius 1 is 1.43 bits per heavy atom. The quantitative estimate of drug-likeness (QED) is 0.897. The number of carbonyl (C=O) groups excluding carboxylic acids is 1. The SMILES string of the molecule is Cc1cccc(=O)n1CCC(=O)NC(C)c1cnn(C)c1. The second kappa shape index (κ2) is 6.39. The summed E-state index contributed by atoms with van der Waals surface area (Å²) < 4.78 is 3.30. The Labute approximate surface area is 123 Å². The third-order valence-corrected chi connectivity index (χ3v) is 3.43. The Hall–Kier alpha value is -2.37. The first-order valence-corrected chi connectivity index (χ1v) is 6.91. The van der Waals surface area contributed by atoms with Crippen molar-refractivity contribution in [3.8, 4) is 0 Å². The maximum Gasteiger partial charge on any atom is 0.250 e. The number of carbonyl (C=O) groups is 1. The molecule has 2 rings (SSSR count). The minimum atomic E-state index is -0.0974. The molecule has 2 heterocycles. The number of aryl methyl sites for hydroxylation is 2. The predicted octanol–water partition coefficient (Wildman–Crippen LogP) is 1.16. The van der Waals surface area contributed by atoms with Gasteiger partial charge in [0.05, 0.1) is 12.2 Å². The number of nitrogens with zero attached hydrogens (tertiary/aromatic N) is 3. The lowest BCUT2D eigenvalue weighted by atomic mass is 10.2. The monoisotopic (exact) mass is 288 g/mol. The van der Waals surface area contributed by atoms with Gasteiger partial charge in [0.15, 0.2) is 0 Å². The maximum absolute atomic E-state index is 12.0. The minimum absolute atomic E-state index is 0.0805. The average Bonchev–Trinajstić information content (AvgIpc) is 2.85. The van der Waals surface area contributed by atoms with E-state index < -0.39 is 0 Å². The van der Waals surface area contributed by atoms with Crippen molar-refractivity contribution in [3.05, 3.63) is 52.2 Å². The van der Waals surface area contributed by atoms with Gasteiger partial charge in [-0.3, -0.25) is 14.3 Å². The summed E-state index contributed by atoms with van der Waals surface area (Å²) in [4.78, 5) is 23.7. The number of amides is 1. The molecule has 0 saturated carbocycles. The fourth-order valence-electron chi connectivity index (χ4n) is 2.18. The lowest BCUT2D eigenvalue weighted by Crippen LogP contribution is -2.29. The smallest absolute Gasteiger partial charge is 0.250 e. The highest BCUT2D eigenvalue weighted by Gasteiger charge is 2.11. The molecule has 0 saturated heterocycles. The third kappa shape index (κ3) is 3.81. The average molecular weight is 288 g/mol. The van der Waals surface area contributed by atoms with Gasteiger partial charge in [0.25, 0.3) is 5.56 Å². The number of rotatable bonds is 5. The van der Waals surface area contributed by atoms with Crippen molar-refractivity contribution in [2.75, 3.05) is 0 Å². The van der Waals surface area contributed by atoms with Gasteiger partial charge in [-0.2, -0.15) is 5.10 Å². The molecule has 21 heavy (non-hydrogen) atoms.